The van der Waals surface area contributed by atoms with E-state index in [1.807, 2.05) is 46.3 Å². The first kappa shape index (κ1) is 25.6. The fourth-order valence-electron chi connectivity index (χ4n) is 3.89. The third-order valence-corrected chi connectivity index (χ3v) is 8.06. The molecular weight excluding hydrogens is 524 g/mol. The van der Waals surface area contributed by atoms with E-state index < -0.39 is 10.0 Å². The maximum absolute atomic E-state index is 12.5. The van der Waals surface area contributed by atoms with E-state index in [2.05, 4.69) is 15.0 Å². The molecule has 2 aromatic carbocycles. The molecule has 0 unspecified atom stereocenters. The van der Waals surface area contributed by atoms with Crippen molar-refractivity contribution in [1.82, 2.24) is 24.1 Å². The molecule has 2 N–H and O–H groups in total. The minimum Gasteiger partial charge on any atom is -0.497 e. The number of methoxy groups -OCH3 is 2. The van der Waals surface area contributed by atoms with Crippen molar-refractivity contribution < 1.29 is 17.9 Å². The molecule has 196 valence electrons. The summed E-state index contributed by atoms with van der Waals surface area (Å²) in [5.41, 5.74) is 3.36. The van der Waals surface area contributed by atoms with E-state index >= 15 is 0 Å². The lowest BCUT2D eigenvalue weighted by Crippen LogP contribution is -2.26. The highest BCUT2D eigenvalue weighted by Gasteiger charge is 2.19. The summed E-state index contributed by atoms with van der Waals surface area (Å²) in [5, 5.41) is 5.17. The van der Waals surface area contributed by atoms with Crippen LogP contribution in [-0.2, 0) is 10.0 Å². The Morgan fingerprint density at radius 1 is 0.921 bits per heavy atom. The molecule has 5 aromatic rings. The van der Waals surface area contributed by atoms with Gasteiger partial charge in [0.1, 0.15) is 17.2 Å². The maximum Gasteiger partial charge on any atom is 0.240 e. The number of hydrogen-bond donors (Lipinski definition) is 2. The summed E-state index contributed by atoms with van der Waals surface area (Å²) in [7, 11) is -0.428. The zero-order valence-corrected chi connectivity index (χ0v) is 22.4. The second-order valence-electron chi connectivity index (χ2n) is 8.21. The molecule has 5 rings (SSSR count). The van der Waals surface area contributed by atoms with Gasteiger partial charge in [0, 0.05) is 36.4 Å². The predicted octanol–water partition coefficient (Wildman–Crippen LogP) is 4.32. The lowest BCUT2D eigenvalue weighted by atomic mass is 10.1. The van der Waals surface area contributed by atoms with Gasteiger partial charge in [-0.15, -0.1) is 11.3 Å². The number of thiazole rings is 1. The highest BCUT2D eigenvalue weighted by molar-refractivity contribution is 7.89. The van der Waals surface area contributed by atoms with Crippen molar-refractivity contribution in [3.8, 4) is 34.1 Å². The van der Waals surface area contributed by atoms with Gasteiger partial charge >= 0.3 is 0 Å². The molecule has 10 nitrogen and oxygen atoms in total. The highest BCUT2D eigenvalue weighted by Crippen LogP contribution is 2.34. The minimum atomic E-state index is -3.60. The number of imidazole rings is 1. The van der Waals surface area contributed by atoms with Gasteiger partial charge in [0.2, 0.25) is 16.0 Å². The SMILES string of the molecule is COc1ccc(-c2nc3sccn3c2-c2ccnc(NCCCNS(=O)(=O)c3ccc(OC)cc3)n2)cc1. The fraction of sp³-hybridized carbons (Fsp3) is 0.192. The summed E-state index contributed by atoms with van der Waals surface area (Å²) in [6.07, 6.45) is 4.21. The van der Waals surface area contributed by atoms with Gasteiger partial charge < -0.3 is 14.8 Å². The van der Waals surface area contributed by atoms with Crippen LogP contribution in [0.15, 0.2) is 77.3 Å². The van der Waals surface area contributed by atoms with E-state index in [1.54, 1.807) is 36.8 Å². The van der Waals surface area contributed by atoms with Gasteiger partial charge in [-0.05, 0) is 61.0 Å². The number of anilines is 1. The largest absolute Gasteiger partial charge is 0.497 e. The standard InChI is InChI=1S/C26H26N6O4S2/c1-35-19-6-4-18(5-7-19)23-24(32-16-17-37-26(32)31-23)22-12-15-28-25(30-22)27-13-3-14-29-38(33,34)21-10-8-20(36-2)9-11-21/h4-12,15-17,29H,3,13-14H2,1-2H3,(H,27,28,30). The third kappa shape index (κ3) is 5.47. The highest BCUT2D eigenvalue weighted by atomic mass is 32.2. The van der Waals surface area contributed by atoms with Gasteiger partial charge in [0.15, 0.2) is 4.96 Å². The predicted molar refractivity (Wildman–Crippen MR) is 147 cm³/mol. The molecule has 0 spiro atoms. The molecule has 0 radical (unpaired) electrons. The molecule has 0 fully saturated rings. The molecule has 0 aliphatic carbocycles. The summed E-state index contributed by atoms with van der Waals surface area (Å²) in [6, 6.07) is 15.9. The van der Waals surface area contributed by atoms with E-state index in [-0.39, 0.29) is 11.4 Å². The molecule has 0 aliphatic rings. The fourth-order valence-corrected chi connectivity index (χ4v) is 5.68. The maximum atomic E-state index is 12.5. The number of benzene rings is 2. The number of aromatic nitrogens is 4. The van der Waals surface area contributed by atoms with Crippen LogP contribution in [0.2, 0.25) is 0 Å². The van der Waals surface area contributed by atoms with Gasteiger partial charge in [-0.3, -0.25) is 4.40 Å². The van der Waals surface area contributed by atoms with Crippen molar-refractivity contribution in [3.05, 3.63) is 72.4 Å². The summed E-state index contributed by atoms with van der Waals surface area (Å²) < 4.78 is 40.0. The first-order chi connectivity index (χ1) is 18.5. The van der Waals surface area contributed by atoms with Crippen molar-refractivity contribution in [2.24, 2.45) is 0 Å². The number of sulfonamides is 1. The Bertz CT molecular complexity index is 1630. The second kappa shape index (κ2) is 11.2. The summed E-state index contributed by atoms with van der Waals surface area (Å²) in [5.74, 6) is 1.82. The Balaban J connectivity index is 1.26. The summed E-state index contributed by atoms with van der Waals surface area (Å²) >= 11 is 1.55. The van der Waals surface area contributed by atoms with Gasteiger partial charge in [0.05, 0.1) is 30.5 Å². The Labute approximate surface area is 224 Å². The molecule has 0 saturated heterocycles. The van der Waals surface area contributed by atoms with Crippen molar-refractivity contribution in [3.63, 3.8) is 0 Å². The van der Waals surface area contributed by atoms with Crippen LogP contribution in [0.4, 0.5) is 5.95 Å². The van der Waals surface area contributed by atoms with Gasteiger partial charge in [-0.2, -0.15) is 0 Å². The first-order valence-corrected chi connectivity index (χ1v) is 14.2. The summed E-state index contributed by atoms with van der Waals surface area (Å²) in [4.78, 5) is 14.9. The van der Waals surface area contributed by atoms with Gasteiger partial charge in [0.25, 0.3) is 0 Å². The van der Waals surface area contributed by atoms with E-state index in [1.165, 1.54) is 19.2 Å². The molecule has 12 heteroatoms. The third-order valence-electron chi connectivity index (χ3n) is 5.82. The monoisotopic (exact) mass is 550 g/mol. The van der Waals surface area contributed by atoms with Crippen LogP contribution in [0.3, 0.4) is 0 Å². The van der Waals surface area contributed by atoms with E-state index in [4.69, 9.17) is 19.4 Å². The number of nitrogens with zero attached hydrogens (tertiary/aromatic N) is 4. The summed E-state index contributed by atoms with van der Waals surface area (Å²) in [6.45, 7) is 0.751. The van der Waals surface area contributed by atoms with E-state index in [0.717, 1.165) is 33.4 Å². The quantitative estimate of drug-likeness (QED) is 0.234. The van der Waals surface area contributed by atoms with Crippen molar-refractivity contribution in [1.29, 1.82) is 0 Å². The number of rotatable bonds is 11. The normalized spacial score (nSPS) is 11.5. The molecule has 0 bridgehead atoms. The molecule has 0 amide bonds. The van der Waals surface area contributed by atoms with Crippen LogP contribution >= 0.6 is 11.3 Å². The molecule has 0 saturated carbocycles. The van der Waals surface area contributed by atoms with Gasteiger partial charge in [-0.1, -0.05) is 0 Å². The number of hydrogen-bond acceptors (Lipinski definition) is 9. The zero-order chi connectivity index (χ0) is 26.5. The molecule has 38 heavy (non-hydrogen) atoms. The Morgan fingerprint density at radius 3 is 2.34 bits per heavy atom. The lowest BCUT2D eigenvalue weighted by molar-refractivity contribution is 0.414. The molecule has 0 aliphatic heterocycles. The average molecular weight is 551 g/mol. The van der Waals surface area contributed by atoms with E-state index in [0.29, 0.717) is 24.7 Å². The van der Waals surface area contributed by atoms with Crippen LogP contribution in [0, 0.1) is 0 Å². The molecule has 0 atom stereocenters. The number of nitrogens with one attached hydrogen (secondary N) is 2. The first-order valence-electron chi connectivity index (χ1n) is 11.8. The Morgan fingerprint density at radius 2 is 1.63 bits per heavy atom. The topological polar surface area (TPSA) is 120 Å². The average Bonchev–Trinajstić information content (AvgIpc) is 3.55. The van der Waals surface area contributed by atoms with Crippen molar-refractivity contribution >= 4 is 32.3 Å². The Hall–Kier alpha value is -4.00. The van der Waals surface area contributed by atoms with Crippen LogP contribution in [0.5, 0.6) is 11.5 Å². The van der Waals surface area contributed by atoms with E-state index in [9.17, 15) is 8.42 Å². The van der Waals surface area contributed by atoms with Crippen LogP contribution < -0.4 is 19.5 Å². The second-order valence-corrected chi connectivity index (χ2v) is 10.9. The van der Waals surface area contributed by atoms with Crippen LogP contribution in [-0.4, -0.2) is 55.1 Å². The Kier molecular flexibility index (Phi) is 7.54. The lowest BCUT2D eigenvalue weighted by Gasteiger charge is -2.09. The number of fused-ring (bicyclic) bond motifs is 1. The molecule has 3 aromatic heterocycles. The minimum absolute atomic E-state index is 0.190. The molecular formula is C26H26N6O4S2. The zero-order valence-electron chi connectivity index (χ0n) is 20.8. The van der Waals surface area contributed by atoms with Crippen LogP contribution in [0.1, 0.15) is 6.42 Å². The number of ether oxygens (including phenoxy) is 2. The van der Waals surface area contributed by atoms with Crippen LogP contribution in [0.25, 0.3) is 27.6 Å². The van der Waals surface area contributed by atoms with Crippen molar-refractivity contribution in [2.75, 3.05) is 32.6 Å². The smallest absolute Gasteiger partial charge is 0.240 e. The van der Waals surface area contributed by atoms with Crippen molar-refractivity contribution in [2.45, 2.75) is 11.3 Å². The van der Waals surface area contributed by atoms with Gasteiger partial charge in [-0.25, -0.2) is 28.1 Å². The molecule has 3 heterocycles.